The van der Waals surface area contributed by atoms with Crippen molar-refractivity contribution in [3.63, 3.8) is 0 Å². The summed E-state index contributed by atoms with van der Waals surface area (Å²) in [6.07, 6.45) is 0. The summed E-state index contributed by atoms with van der Waals surface area (Å²) < 4.78 is 21.0. The smallest absolute Gasteiger partial charge is 0.0629 e. The van der Waals surface area contributed by atoms with Crippen LogP contribution in [-0.4, -0.2) is 4.57 Å². The summed E-state index contributed by atoms with van der Waals surface area (Å²) in [5, 5.41) is 6.05. The Balaban J connectivity index is 1.03. The van der Waals surface area contributed by atoms with E-state index in [0.717, 1.165) is 22.6 Å². The number of aromatic nitrogens is 1. The van der Waals surface area contributed by atoms with Crippen molar-refractivity contribution in [2.24, 2.45) is 0 Å². The second-order valence-corrected chi connectivity index (χ2v) is 15.3. The molecule has 55 heavy (non-hydrogen) atoms. The first-order chi connectivity index (χ1) is 27.7. The number of anilines is 3. The summed E-state index contributed by atoms with van der Waals surface area (Å²) in [5.74, 6) is 0. The van der Waals surface area contributed by atoms with Crippen LogP contribution in [-0.2, 0) is 5.41 Å². The zero-order valence-corrected chi connectivity index (χ0v) is 31.6. The second kappa shape index (κ2) is 12.7. The van der Waals surface area contributed by atoms with Crippen molar-refractivity contribution in [3.8, 4) is 16.8 Å². The molecule has 2 nitrogen and oxygen atoms in total. The quantitative estimate of drug-likeness (QED) is 0.123. The lowest BCUT2D eigenvalue weighted by Crippen LogP contribution is -2.15. The molecule has 8 aromatic carbocycles. The Kier molecular flexibility index (Phi) is 7.13. The number of nitrogens with zero attached hydrogens (tertiary/aromatic N) is 2. The van der Waals surface area contributed by atoms with Crippen LogP contribution in [0, 0.1) is 13.8 Å². The molecule has 0 fully saturated rings. The zero-order chi connectivity index (χ0) is 39.0. The first kappa shape index (κ1) is 30.8. The molecule has 9 aromatic rings. The molecule has 0 saturated carbocycles. The topological polar surface area (TPSA) is 8.17 Å². The Morgan fingerprint density at radius 2 is 1.13 bits per heavy atom. The van der Waals surface area contributed by atoms with Gasteiger partial charge in [0.2, 0.25) is 0 Å². The predicted molar refractivity (Wildman–Crippen MR) is 235 cm³/mol. The zero-order valence-electron chi connectivity index (χ0n) is 33.6. The van der Waals surface area contributed by atoms with Gasteiger partial charge in [-0.05, 0) is 124 Å². The van der Waals surface area contributed by atoms with E-state index < -0.39 is 0 Å². The van der Waals surface area contributed by atoms with Gasteiger partial charge in [0.1, 0.15) is 0 Å². The van der Waals surface area contributed by atoms with Gasteiger partial charge in [0.25, 0.3) is 0 Å². The Labute approximate surface area is 326 Å². The standard InChI is InChI=1S/C53H42N2/c1-35-36(2)54(40-16-7-5-8-17-40)52-34-50-48(33-47(35)52)45-30-27-38(31-49(45)53(50,3)4)24-23-37-25-28-42(29-26-37)55(41-18-9-6-10-19-41)51-32-39-15-11-12-20-43(39)44-21-13-14-22-46(44)51/h5-34H,1-4H3/b24-23+/i23D,24D. The van der Waals surface area contributed by atoms with E-state index in [0.29, 0.717) is 5.56 Å². The third-order valence-corrected chi connectivity index (χ3v) is 11.8. The van der Waals surface area contributed by atoms with Crippen LogP contribution in [0.1, 0.15) is 50.1 Å². The minimum Gasteiger partial charge on any atom is -0.314 e. The molecule has 0 spiro atoms. The van der Waals surface area contributed by atoms with Gasteiger partial charge in [-0.1, -0.05) is 141 Å². The molecule has 1 aliphatic carbocycles. The molecule has 0 unspecified atom stereocenters. The fraction of sp³-hybridized carbons (Fsp3) is 0.0943. The first-order valence-corrected chi connectivity index (χ1v) is 19.1. The normalized spacial score (nSPS) is 14.0. The summed E-state index contributed by atoms with van der Waals surface area (Å²) in [7, 11) is 0. The summed E-state index contributed by atoms with van der Waals surface area (Å²) >= 11 is 0. The summed E-state index contributed by atoms with van der Waals surface area (Å²) in [6, 6.07) is 60.1. The van der Waals surface area contributed by atoms with Crippen molar-refractivity contribution < 1.29 is 2.74 Å². The molecule has 0 radical (unpaired) electrons. The third-order valence-electron chi connectivity index (χ3n) is 11.8. The summed E-state index contributed by atoms with van der Waals surface area (Å²) in [6.45, 7) is 9.00. The molecule has 2 heteroatoms. The van der Waals surface area contributed by atoms with Gasteiger partial charge in [-0.3, -0.25) is 0 Å². The molecular weight excluding hydrogens is 665 g/mol. The van der Waals surface area contributed by atoms with Gasteiger partial charge in [-0.2, -0.15) is 0 Å². The Morgan fingerprint density at radius 1 is 0.527 bits per heavy atom. The first-order valence-electron chi connectivity index (χ1n) is 20.1. The number of fused-ring (bicyclic) bond motifs is 7. The molecule has 0 atom stereocenters. The third kappa shape index (κ3) is 5.32. The number of aryl methyl sites for hydroxylation is 1. The Morgan fingerprint density at radius 3 is 1.89 bits per heavy atom. The van der Waals surface area contributed by atoms with Crippen molar-refractivity contribution >= 4 is 61.6 Å². The van der Waals surface area contributed by atoms with Crippen LogP contribution in [0.3, 0.4) is 0 Å². The van der Waals surface area contributed by atoms with Gasteiger partial charge < -0.3 is 9.47 Å². The second-order valence-electron chi connectivity index (χ2n) is 15.3. The van der Waals surface area contributed by atoms with Crippen molar-refractivity contribution in [2.75, 3.05) is 4.90 Å². The van der Waals surface area contributed by atoms with Crippen molar-refractivity contribution in [2.45, 2.75) is 33.1 Å². The lowest BCUT2D eigenvalue weighted by atomic mass is 9.81. The SMILES string of the molecule is [2H]/C(=C(/[2H])c1ccc2c(c1)C(C)(C)c1cc3c(cc1-2)c(C)c(C)n3-c1ccccc1)c1ccc(N(c2ccccc2)c2cc3ccccc3c3ccccc23)cc1. The van der Waals surface area contributed by atoms with Gasteiger partial charge >= 0.3 is 0 Å². The Bertz CT molecular complexity index is 3060. The fourth-order valence-electron chi connectivity index (χ4n) is 8.85. The van der Waals surface area contributed by atoms with Gasteiger partial charge in [0.15, 0.2) is 0 Å². The van der Waals surface area contributed by atoms with Crippen LogP contribution < -0.4 is 4.90 Å². The average Bonchev–Trinajstić information content (AvgIpc) is 3.63. The van der Waals surface area contributed by atoms with Crippen LogP contribution in [0.2, 0.25) is 0 Å². The predicted octanol–water partition coefficient (Wildman–Crippen LogP) is 14.5. The Hall–Kier alpha value is -6.64. The van der Waals surface area contributed by atoms with E-state index in [2.05, 4.69) is 183 Å². The minimum absolute atomic E-state index is 0.200. The number of hydrogen-bond donors (Lipinski definition) is 0. The van der Waals surface area contributed by atoms with Crippen LogP contribution in [0.25, 0.3) is 61.4 Å². The number of rotatable bonds is 6. The molecule has 1 aliphatic rings. The average molecular weight is 709 g/mol. The molecule has 264 valence electrons. The molecular formula is C53H42N2. The molecule has 0 amide bonds. The summed E-state index contributed by atoms with van der Waals surface area (Å²) in [5.41, 5.74) is 14.2. The van der Waals surface area contributed by atoms with Gasteiger partial charge in [0.05, 0.1) is 13.9 Å². The lowest BCUT2D eigenvalue weighted by molar-refractivity contribution is 0.660. The highest BCUT2D eigenvalue weighted by Gasteiger charge is 2.36. The van der Waals surface area contributed by atoms with E-state index in [1.807, 2.05) is 24.3 Å². The van der Waals surface area contributed by atoms with Gasteiger partial charge in [-0.25, -0.2) is 0 Å². The van der Waals surface area contributed by atoms with E-state index in [-0.39, 0.29) is 17.5 Å². The minimum atomic E-state index is -0.277. The van der Waals surface area contributed by atoms with Crippen molar-refractivity contribution in [1.82, 2.24) is 4.57 Å². The van der Waals surface area contributed by atoms with E-state index >= 15 is 0 Å². The monoisotopic (exact) mass is 708 g/mol. The van der Waals surface area contributed by atoms with E-state index in [1.165, 1.54) is 71.6 Å². The van der Waals surface area contributed by atoms with Gasteiger partial charge in [-0.15, -0.1) is 0 Å². The molecule has 10 rings (SSSR count). The van der Waals surface area contributed by atoms with Crippen LogP contribution in [0.4, 0.5) is 17.1 Å². The fourth-order valence-corrected chi connectivity index (χ4v) is 8.85. The maximum absolute atomic E-state index is 9.33. The van der Waals surface area contributed by atoms with Crippen molar-refractivity contribution in [1.29, 1.82) is 0 Å². The van der Waals surface area contributed by atoms with E-state index in [1.54, 1.807) is 0 Å². The maximum atomic E-state index is 9.33. The number of benzene rings is 8. The van der Waals surface area contributed by atoms with Gasteiger partial charge in [0, 0.05) is 38.9 Å². The molecule has 0 saturated heterocycles. The van der Waals surface area contributed by atoms with E-state index in [9.17, 15) is 2.74 Å². The summed E-state index contributed by atoms with van der Waals surface area (Å²) in [4.78, 5) is 2.29. The molecule has 0 N–H and O–H groups in total. The largest absolute Gasteiger partial charge is 0.314 e. The maximum Gasteiger partial charge on any atom is 0.0629 e. The molecule has 0 bridgehead atoms. The van der Waals surface area contributed by atoms with Crippen LogP contribution in [0.5, 0.6) is 0 Å². The highest BCUT2D eigenvalue weighted by molar-refractivity contribution is 6.14. The molecule has 1 heterocycles. The van der Waals surface area contributed by atoms with Crippen LogP contribution in [0.15, 0.2) is 170 Å². The number of para-hydroxylation sites is 2. The highest BCUT2D eigenvalue weighted by atomic mass is 15.1. The highest BCUT2D eigenvalue weighted by Crippen LogP contribution is 2.51. The van der Waals surface area contributed by atoms with Crippen molar-refractivity contribution in [3.05, 3.63) is 203 Å². The molecule has 1 aromatic heterocycles. The lowest BCUT2D eigenvalue weighted by Gasteiger charge is -2.27. The van der Waals surface area contributed by atoms with Crippen LogP contribution >= 0.6 is 0 Å². The number of hydrogen-bond acceptors (Lipinski definition) is 1. The van der Waals surface area contributed by atoms with E-state index in [4.69, 9.17) is 0 Å². The molecule has 0 aliphatic heterocycles.